The molecule has 4 rings (SSSR count). The fourth-order valence-corrected chi connectivity index (χ4v) is 3.19. The number of fused-ring (bicyclic) bond motifs is 1. The van der Waals surface area contributed by atoms with Gasteiger partial charge in [-0.3, -0.25) is 9.79 Å². The molecule has 0 unspecified atom stereocenters. The van der Waals surface area contributed by atoms with Gasteiger partial charge in [0.15, 0.2) is 0 Å². The van der Waals surface area contributed by atoms with Gasteiger partial charge in [-0.1, -0.05) is 36.4 Å². The fraction of sp³-hybridized carbons (Fsp3) is 0.130. The molecule has 0 atom stereocenters. The first-order valence-electron chi connectivity index (χ1n) is 8.87. The first-order chi connectivity index (χ1) is 13.2. The molecule has 1 heterocycles. The van der Waals surface area contributed by atoms with Crippen molar-refractivity contribution in [2.45, 2.75) is 13.1 Å². The Morgan fingerprint density at radius 3 is 2.78 bits per heavy atom. The summed E-state index contributed by atoms with van der Waals surface area (Å²) in [6.45, 7) is 1.21. The van der Waals surface area contributed by atoms with Gasteiger partial charge in [-0.15, -0.1) is 0 Å². The van der Waals surface area contributed by atoms with Crippen LogP contribution in [0.25, 0.3) is 11.1 Å². The van der Waals surface area contributed by atoms with Crippen molar-refractivity contribution < 1.29 is 9.53 Å². The van der Waals surface area contributed by atoms with Crippen LogP contribution in [-0.4, -0.2) is 19.2 Å². The van der Waals surface area contributed by atoms with Gasteiger partial charge >= 0.3 is 0 Å². The summed E-state index contributed by atoms with van der Waals surface area (Å²) in [4.78, 5) is 16.9. The molecule has 1 N–H and O–H groups in total. The number of carbonyl (C=O) groups excluding carboxylic acids is 1. The van der Waals surface area contributed by atoms with Crippen LogP contribution in [0.3, 0.4) is 0 Å². The van der Waals surface area contributed by atoms with E-state index in [0.29, 0.717) is 12.1 Å². The molecule has 0 aromatic heterocycles. The summed E-state index contributed by atoms with van der Waals surface area (Å²) in [6, 6.07) is 21.7. The number of methoxy groups -OCH3 is 1. The number of ether oxygens (including phenoxy) is 1. The number of nitrogens with zero attached hydrogens (tertiary/aromatic N) is 1. The van der Waals surface area contributed by atoms with Crippen LogP contribution in [0.4, 0.5) is 0 Å². The molecular weight excluding hydrogens is 336 g/mol. The number of amides is 1. The van der Waals surface area contributed by atoms with E-state index >= 15 is 0 Å². The van der Waals surface area contributed by atoms with E-state index in [1.165, 1.54) is 5.56 Å². The zero-order valence-electron chi connectivity index (χ0n) is 15.1. The summed E-state index contributed by atoms with van der Waals surface area (Å²) >= 11 is 0. The van der Waals surface area contributed by atoms with Crippen LogP contribution in [-0.2, 0) is 13.1 Å². The average molecular weight is 356 g/mol. The molecule has 1 aliphatic heterocycles. The molecule has 0 fully saturated rings. The second-order valence-corrected chi connectivity index (χ2v) is 6.50. The Morgan fingerprint density at radius 1 is 1.04 bits per heavy atom. The minimum atomic E-state index is -0.0950. The number of aliphatic imine (C=N–C) groups is 1. The van der Waals surface area contributed by atoms with Crippen LogP contribution in [0.15, 0.2) is 71.7 Å². The third-order valence-corrected chi connectivity index (χ3v) is 4.68. The Morgan fingerprint density at radius 2 is 1.89 bits per heavy atom. The smallest absolute Gasteiger partial charge is 0.251 e. The second kappa shape index (κ2) is 7.46. The summed E-state index contributed by atoms with van der Waals surface area (Å²) in [7, 11) is 1.63. The number of rotatable bonds is 5. The molecule has 0 aliphatic carbocycles. The van der Waals surface area contributed by atoms with Crippen LogP contribution in [0.1, 0.15) is 27.0 Å². The summed E-state index contributed by atoms with van der Waals surface area (Å²) in [5.41, 5.74) is 6.14. The Kier molecular flexibility index (Phi) is 4.71. The van der Waals surface area contributed by atoms with E-state index < -0.39 is 0 Å². The summed E-state index contributed by atoms with van der Waals surface area (Å²) < 4.78 is 5.22. The number of nitrogens with one attached hydrogen (secondary N) is 1. The van der Waals surface area contributed by atoms with Crippen molar-refractivity contribution in [1.82, 2.24) is 5.32 Å². The van der Waals surface area contributed by atoms with E-state index in [0.717, 1.165) is 34.5 Å². The number of benzene rings is 3. The van der Waals surface area contributed by atoms with Crippen molar-refractivity contribution in [3.8, 4) is 16.9 Å². The van der Waals surface area contributed by atoms with Gasteiger partial charge in [0.1, 0.15) is 5.75 Å². The van der Waals surface area contributed by atoms with Gasteiger partial charge in [-0.05, 0) is 58.1 Å². The topological polar surface area (TPSA) is 50.7 Å². The number of hydrogen-bond acceptors (Lipinski definition) is 3. The molecule has 3 aromatic carbocycles. The van der Waals surface area contributed by atoms with Gasteiger partial charge in [0.25, 0.3) is 5.91 Å². The fourth-order valence-electron chi connectivity index (χ4n) is 3.19. The van der Waals surface area contributed by atoms with Crippen LogP contribution < -0.4 is 10.1 Å². The number of carbonyl (C=O) groups is 1. The van der Waals surface area contributed by atoms with Gasteiger partial charge in [-0.2, -0.15) is 0 Å². The van der Waals surface area contributed by atoms with E-state index in [-0.39, 0.29) is 5.91 Å². The maximum absolute atomic E-state index is 12.6. The molecule has 0 radical (unpaired) electrons. The lowest BCUT2D eigenvalue weighted by Gasteiger charge is -2.09. The highest BCUT2D eigenvalue weighted by Crippen LogP contribution is 2.25. The van der Waals surface area contributed by atoms with Gasteiger partial charge in [0, 0.05) is 18.3 Å². The Bertz CT molecular complexity index is 1020. The lowest BCUT2D eigenvalue weighted by molar-refractivity contribution is 0.0951. The highest BCUT2D eigenvalue weighted by molar-refractivity contribution is 5.95. The van der Waals surface area contributed by atoms with Crippen LogP contribution >= 0.6 is 0 Å². The van der Waals surface area contributed by atoms with Crippen molar-refractivity contribution in [2.75, 3.05) is 7.11 Å². The zero-order chi connectivity index (χ0) is 18.6. The molecule has 4 nitrogen and oxygen atoms in total. The Balaban J connectivity index is 1.50. The van der Waals surface area contributed by atoms with E-state index in [4.69, 9.17) is 4.74 Å². The van der Waals surface area contributed by atoms with E-state index in [1.807, 2.05) is 54.7 Å². The standard InChI is InChI=1S/C23H20N2O2/c1-27-22-7-2-4-16(10-22)13-25-23(26)19-6-3-5-17(11-19)18-8-9-20-14-24-15-21(20)12-18/h2-12,15H,13-14H2,1H3,(H,25,26). The zero-order valence-corrected chi connectivity index (χ0v) is 15.1. The molecule has 1 aliphatic rings. The van der Waals surface area contributed by atoms with Crippen molar-refractivity contribution in [3.05, 3.63) is 89.0 Å². The molecule has 3 aromatic rings. The molecule has 27 heavy (non-hydrogen) atoms. The van der Waals surface area contributed by atoms with Crippen LogP contribution in [0.5, 0.6) is 5.75 Å². The lowest BCUT2D eigenvalue weighted by Crippen LogP contribution is -2.22. The first kappa shape index (κ1) is 17.0. The molecule has 0 spiro atoms. The SMILES string of the molecule is COc1cccc(CNC(=O)c2cccc(-c3ccc4c(c3)C=NC4)c2)c1. The predicted octanol–water partition coefficient (Wildman–Crippen LogP) is 4.22. The molecule has 1 amide bonds. The largest absolute Gasteiger partial charge is 0.497 e. The van der Waals surface area contributed by atoms with Crippen molar-refractivity contribution in [2.24, 2.45) is 4.99 Å². The summed E-state index contributed by atoms with van der Waals surface area (Å²) in [5.74, 6) is 0.686. The van der Waals surface area contributed by atoms with Crippen LogP contribution in [0.2, 0.25) is 0 Å². The van der Waals surface area contributed by atoms with Crippen molar-refractivity contribution in [1.29, 1.82) is 0 Å². The maximum Gasteiger partial charge on any atom is 0.251 e. The molecule has 134 valence electrons. The Hall–Kier alpha value is -3.40. The third kappa shape index (κ3) is 3.75. The van der Waals surface area contributed by atoms with Crippen molar-refractivity contribution >= 4 is 12.1 Å². The van der Waals surface area contributed by atoms with Gasteiger partial charge in [0.05, 0.1) is 13.7 Å². The normalized spacial score (nSPS) is 11.9. The molecule has 4 heteroatoms. The van der Waals surface area contributed by atoms with Gasteiger partial charge in [-0.25, -0.2) is 0 Å². The first-order valence-corrected chi connectivity index (χ1v) is 8.87. The third-order valence-electron chi connectivity index (χ3n) is 4.68. The molecular formula is C23H20N2O2. The second-order valence-electron chi connectivity index (χ2n) is 6.50. The summed E-state index contributed by atoms with van der Waals surface area (Å²) in [6.07, 6.45) is 1.91. The van der Waals surface area contributed by atoms with Gasteiger partial charge < -0.3 is 10.1 Å². The molecule has 0 saturated carbocycles. The minimum absolute atomic E-state index is 0.0950. The lowest BCUT2D eigenvalue weighted by atomic mass is 9.99. The molecule has 0 bridgehead atoms. The highest BCUT2D eigenvalue weighted by Gasteiger charge is 2.10. The van der Waals surface area contributed by atoms with E-state index in [2.05, 4.69) is 28.5 Å². The quantitative estimate of drug-likeness (QED) is 0.744. The van der Waals surface area contributed by atoms with E-state index in [9.17, 15) is 4.79 Å². The Labute approximate surface area is 158 Å². The summed E-state index contributed by atoms with van der Waals surface area (Å²) in [5, 5.41) is 2.97. The highest BCUT2D eigenvalue weighted by atomic mass is 16.5. The maximum atomic E-state index is 12.6. The van der Waals surface area contributed by atoms with Crippen LogP contribution in [0, 0.1) is 0 Å². The average Bonchev–Trinajstić information content (AvgIpc) is 3.20. The van der Waals surface area contributed by atoms with Crippen molar-refractivity contribution in [3.63, 3.8) is 0 Å². The van der Waals surface area contributed by atoms with Gasteiger partial charge in [0.2, 0.25) is 0 Å². The molecule has 0 saturated heterocycles. The minimum Gasteiger partial charge on any atom is -0.497 e. The van der Waals surface area contributed by atoms with E-state index in [1.54, 1.807) is 7.11 Å². The number of hydrogen-bond donors (Lipinski definition) is 1. The predicted molar refractivity (Wildman–Crippen MR) is 107 cm³/mol. The monoisotopic (exact) mass is 356 g/mol.